The maximum absolute atomic E-state index is 11.6. The maximum Gasteiger partial charge on any atom is 0.251 e. The molecule has 0 atom stereocenters. The number of nitrogen functional groups attached to an aromatic ring is 1. The van der Waals surface area contributed by atoms with Gasteiger partial charge in [0, 0.05) is 12.6 Å². The highest BCUT2D eigenvalue weighted by Crippen LogP contribution is 2.35. The third-order valence-corrected chi connectivity index (χ3v) is 4.47. The van der Waals surface area contributed by atoms with Crippen LogP contribution in [-0.4, -0.2) is 30.2 Å². The molecule has 116 valence electrons. The monoisotopic (exact) mass is 291 g/mol. The van der Waals surface area contributed by atoms with Gasteiger partial charge in [-0.3, -0.25) is 4.79 Å². The number of carbonyl (C=O) groups excluding carboxylic acids is 1. The van der Waals surface area contributed by atoms with Crippen molar-refractivity contribution in [3.8, 4) is 0 Å². The van der Waals surface area contributed by atoms with Gasteiger partial charge < -0.3 is 21.5 Å². The minimum atomic E-state index is -0.296. The number of anilines is 2. The van der Waals surface area contributed by atoms with Crippen molar-refractivity contribution < 1.29 is 9.90 Å². The Kier molecular flexibility index (Phi) is 4.73. The van der Waals surface area contributed by atoms with Crippen LogP contribution in [0, 0.1) is 5.92 Å². The first-order valence-corrected chi connectivity index (χ1v) is 7.50. The van der Waals surface area contributed by atoms with E-state index in [1.807, 2.05) is 6.07 Å². The first-order chi connectivity index (χ1) is 9.99. The van der Waals surface area contributed by atoms with Gasteiger partial charge in [0.1, 0.15) is 0 Å². The standard InChI is InChI=1S/C16H25N3O2/c1-11-5-7-16(10-20,8-6-11)19-14-4-3-12(9-13(14)17)15(21)18-2/h3-4,9,11,19-20H,5-8,10,17H2,1-2H3,(H,18,21). The molecule has 1 aliphatic rings. The fourth-order valence-electron chi connectivity index (χ4n) is 2.89. The number of aliphatic hydroxyl groups excluding tert-OH is 1. The number of amides is 1. The highest BCUT2D eigenvalue weighted by atomic mass is 16.3. The van der Waals surface area contributed by atoms with Crippen molar-refractivity contribution in [2.24, 2.45) is 5.92 Å². The van der Waals surface area contributed by atoms with Crippen molar-refractivity contribution in [2.45, 2.75) is 38.1 Å². The Labute approximate surface area is 125 Å². The molecular formula is C16H25N3O2. The molecular weight excluding hydrogens is 266 g/mol. The first kappa shape index (κ1) is 15.6. The SMILES string of the molecule is CNC(=O)c1ccc(NC2(CO)CCC(C)CC2)c(N)c1. The van der Waals surface area contributed by atoms with E-state index in [-0.39, 0.29) is 18.1 Å². The van der Waals surface area contributed by atoms with Crippen LogP contribution in [0.3, 0.4) is 0 Å². The summed E-state index contributed by atoms with van der Waals surface area (Å²) >= 11 is 0. The van der Waals surface area contributed by atoms with Gasteiger partial charge in [-0.15, -0.1) is 0 Å². The molecule has 0 unspecified atom stereocenters. The Hall–Kier alpha value is -1.75. The highest BCUT2D eigenvalue weighted by Gasteiger charge is 2.33. The smallest absolute Gasteiger partial charge is 0.251 e. The first-order valence-electron chi connectivity index (χ1n) is 7.50. The van der Waals surface area contributed by atoms with E-state index in [4.69, 9.17) is 5.73 Å². The number of rotatable bonds is 4. The lowest BCUT2D eigenvalue weighted by Gasteiger charge is -2.39. The van der Waals surface area contributed by atoms with Gasteiger partial charge in [0.25, 0.3) is 5.91 Å². The summed E-state index contributed by atoms with van der Waals surface area (Å²) in [6.45, 7) is 2.34. The van der Waals surface area contributed by atoms with Gasteiger partial charge in [0.15, 0.2) is 0 Å². The summed E-state index contributed by atoms with van der Waals surface area (Å²) in [4.78, 5) is 11.6. The minimum absolute atomic E-state index is 0.0936. The number of hydrogen-bond donors (Lipinski definition) is 4. The van der Waals surface area contributed by atoms with Crippen LogP contribution in [0.5, 0.6) is 0 Å². The summed E-state index contributed by atoms with van der Waals surface area (Å²) in [5, 5.41) is 15.8. The van der Waals surface area contributed by atoms with Crippen molar-refractivity contribution in [1.82, 2.24) is 5.32 Å². The molecule has 5 heteroatoms. The molecule has 1 aromatic carbocycles. The van der Waals surface area contributed by atoms with E-state index >= 15 is 0 Å². The molecule has 21 heavy (non-hydrogen) atoms. The lowest BCUT2D eigenvalue weighted by molar-refractivity contribution is 0.0963. The molecule has 0 radical (unpaired) electrons. The van der Waals surface area contributed by atoms with Crippen LogP contribution < -0.4 is 16.4 Å². The third-order valence-electron chi connectivity index (χ3n) is 4.47. The Morgan fingerprint density at radius 2 is 2.10 bits per heavy atom. The Morgan fingerprint density at radius 1 is 1.43 bits per heavy atom. The van der Waals surface area contributed by atoms with Crippen LogP contribution in [0.2, 0.25) is 0 Å². The van der Waals surface area contributed by atoms with Gasteiger partial charge in [-0.1, -0.05) is 6.92 Å². The maximum atomic E-state index is 11.6. The Morgan fingerprint density at radius 3 is 2.62 bits per heavy atom. The molecule has 2 rings (SSSR count). The van der Waals surface area contributed by atoms with Gasteiger partial charge in [-0.25, -0.2) is 0 Å². The predicted molar refractivity (Wildman–Crippen MR) is 85.3 cm³/mol. The molecule has 0 saturated heterocycles. The largest absolute Gasteiger partial charge is 0.397 e. The molecule has 1 aliphatic carbocycles. The van der Waals surface area contributed by atoms with E-state index in [1.54, 1.807) is 19.2 Å². The van der Waals surface area contributed by atoms with Crippen LogP contribution in [0.4, 0.5) is 11.4 Å². The lowest BCUT2D eigenvalue weighted by Crippen LogP contribution is -2.45. The highest BCUT2D eigenvalue weighted by molar-refractivity contribution is 5.95. The molecule has 1 saturated carbocycles. The van der Waals surface area contributed by atoms with E-state index in [0.717, 1.165) is 31.4 Å². The van der Waals surface area contributed by atoms with Crippen LogP contribution in [-0.2, 0) is 0 Å². The second-order valence-corrected chi connectivity index (χ2v) is 6.13. The van der Waals surface area contributed by atoms with Crippen molar-refractivity contribution in [3.63, 3.8) is 0 Å². The predicted octanol–water partition coefficient (Wildman–Crippen LogP) is 1.98. The molecule has 0 aromatic heterocycles. The van der Waals surface area contributed by atoms with Crippen molar-refractivity contribution >= 4 is 17.3 Å². The van der Waals surface area contributed by atoms with E-state index < -0.39 is 0 Å². The summed E-state index contributed by atoms with van der Waals surface area (Å²) in [6, 6.07) is 5.22. The minimum Gasteiger partial charge on any atom is -0.397 e. The second kappa shape index (κ2) is 6.35. The second-order valence-electron chi connectivity index (χ2n) is 6.13. The van der Waals surface area contributed by atoms with Crippen molar-refractivity contribution in [2.75, 3.05) is 24.7 Å². The fourth-order valence-corrected chi connectivity index (χ4v) is 2.89. The molecule has 1 aromatic rings. The van der Waals surface area contributed by atoms with Gasteiger partial charge in [-0.2, -0.15) is 0 Å². The number of hydrogen-bond acceptors (Lipinski definition) is 4. The van der Waals surface area contributed by atoms with E-state index in [9.17, 15) is 9.90 Å². The lowest BCUT2D eigenvalue weighted by atomic mass is 9.77. The average molecular weight is 291 g/mol. The zero-order valence-electron chi connectivity index (χ0n) is 12.8. The molecule has 5 nitrogen and oxygen atoms in total. The summed E-state index contributed by atoms with van der Waals surface area (Å²) in [5.41, 5.74) is 7.60. The molecule has 0 bridgehead atoms. The van der Waals surface area contributed by atoms with Gasteiger partial charge >= 0.3 is 0 Å². The zero-order valence-corrected chi connectivity index (χ0v) is 12.8. The molecule has 1 fully saturated rings. The van der Waals surface area contributed by atoms with E-state index in [1.165, 1.54) is 0 Å². The number of nitrogens with two attached hydrogens (primary N) is 1. The van der Waals surface area contributed by atoms with Crippen LogP contribution in [0.15, 0.2) is 18.2 Å². The normalized spacial score (nSPS) is 25.4. The summed E-state index contributed by atoms with van der Waals surface area (Å²) < 4.78 is 0. The number of carbonyl (C=O) groups is 1. The van der Waals surface area contributed by atoms with Crippen LogP contribution in [0.1, 0.15) is 43.0 Å². The summed E-state index contributed by atoms with van der Waals surface area (Å²) in [6.07, 6.45) is 4.07. The third kappa shape index (κ3) is 3.47. The van der Waals surface area contributed by atoms with Crippen LogP contribution >= 0.6 is 0 Å². The quantitative estimate of drug-likeness (QED) is 0.639. The van der Waals surface area contributed by atoms with Crippen LogP contribution in [0.25, 0.3) is 0 Å². The number of aliphatic hydroxyl groups is 1. The molecule has 0 spiro atoms. The number of benzene rings is 1. The van der Waals surface area contributed by atoms with Gasteiger partial charge in [0.2, 0.25) is 0 Å². The fraction of sp³-hybridized carbons (Fsp3) is 0.562. The van der Waals surface area contributed by atoms with E-state index in [2.05, 4.69) is 17.6 Å². The van der Waals surface area contributed by atoms with Crippen molar-refractivity contribution in [3.05, 3.63) is 23.8 Å². The molecule has 5 N–H and O–H groups in total. The van der Waals surface area contributed by atoms with Gasteiger partial charge in [-0.05, 0) is 49.8 Å². The Balaban J connectivity index is 2.16. The van der Waals surface area contributed by atoms with E-state index in [0.29, 0.717) is 17.2 Å². The summed E-state index contributed by atoms with van der Waals surface area (Å²) in [5.74, 6) is 0.552. The van der Waals surface area contributed by atoms with Crippen molar-refractivity contribution in [1.29, 1.82) is 0 Å². The Bertz CT molecular complexity index is 508. The summed E-state index contributed by atoms with van der Waals surface area (Å²) in [7, 11) is 1.59. The average Bonchev–Trinajstić information content (AvgIpc) is 2.51. The number of nitrogens with one attached hydrogen (secondary N) is 2. The van der Waals surface area contributed by atoms with Gasteiger partial charge in [0.05, 0.1) is 23.5 Å². The molecule has 0 heterocycles. The zero-order chi connectivity index (χ0) is 15.5. The topological polar surface area (TPSA) is 87.4 Å². The molecule has 0 aliphatic heterocycles. The molecule has 1 amide bonds.